The topological polar surface area (TPSA) is 59.1 Å². The summed E-state index contributed by atoms with van der Waals surface area (Å²) in [6.07, 6.45) is 0. The van der Waals surface area contributed by atoms with E-state index in [4.69, 9.17) is 0 Å². The summed E-state index contributed by atoms with van der Waals surface area (Å²) in [5, 5.41) is 2.57. The number of benzene rings is 1. The summed E-state index contributed by atoms with van der Waals surface area (Å²) in [7, 11) is -3.73. The fraction of sp³-hybridized carbons (Fsp3) is 0.357. The molecule has 0 spiro atoms. The fourth-order valence-electron chi connectivity index (χ4n) is 2.23. The van der Waals surface area contributed by atoms with Gasteiger partial charge in [0.2, 0.25) is 10.0 Å². The molecule has 21 heavy (non-hydrogen) atoms. The Labute approximate surface area is 128 Å². The van der Waals surface area contributed by atoms with Gasteiger partial charge < -0.3 is 0 Å². The number of hydrogen-bond donors (Lipinski definition) is 1. The zero-order chi connectivity index (χ0) is 15.8. The third-order valence-electron chi connectivity index (χ3n) is 3.03. The van der Waals surface area contributed by atoms with E-state index in [1.807, 2.05) is 12.3 Å². The SMILES string of the molecule is Cc1csc(C(C)NS(=O)(=O)c2c(C)cc(F)cc2C)n1. The van der Waals surface area contributed by atoms with Crippen molar-refractivity contribution in [1.29, 1.82) is 0 Å². The van der Waals surface area contributed by atoms with Crippen molar-refractivity contribution in [2.45, 2.75) is 38.6 Å². The van der Waals surface area contributed by atoms with Crippen molar-refractivity contribution in [2.24, 2.45) is 0 Å². The van der Waals surface area contributed by atoms with Gasteiger partial charge in [-0.05, 0) is 51.0 Å². The lowest BCUT2D eigenvalue weighted by atomic mass is 10.1. The second kappa shape index (κ2) is 5.82. The van der Waals surface area contributed by atoms with E-state index in [-0.39, 0.29) is 4.90 Å². The molecular weight excluding hydrogens is 311 g/mol. The van der Waals surface area contributed by atoms with Crippen LogP contribution in [0.1, 0.15) is 34.8 Å². The van der Waals surface area contributed by atoms with Crippen molar-refractivity contribution >= 4 is 21.4 Å². The Bertz CT molecular complexity index is 746. The minimum atomic E-state index is -3.73. The van der Waals surface area contributed by atoms with Crippen LogP contribution in [0.3, 0.4) is 0 Å². The van der Waals surface area contributed by atoms with Crippen LogP contribution in [-0.2, 0) is 10.0 Å². The van der Waals surface area contributed by atoms with Crippen LogP contribution in [0, 0.1) is 26.6 Å². The Kier molecular flexibility index (Phi) is 4.46. The van der Waals surface area contributed by atoms with Crippen molar-refractivity contribution in [2.75, 3.05) is 0 Å². The van der Waals surface area contributed by atoms with Crippen LogP contribution in [-0.4, -0.2) is 13.4 Å². The summed E-state index contributed by atoms with van der Waals surface area (Å²) in [5.74, 6) is -0.437. The third-order valence-corrected chi connectivity index (χ3v) is 6.02. The van der Waals surface area contributed by atoms with Crippen molar-refractivity contribution in [3.05, 3.63) is 45.2 Å². The summed E-state index contributed by atoms with van der Waals surface area (Å²) in [6.45, 7) is 6.77. The molecule has 1 unspecified atom stereocenters. The van der Waals surface area contributed by atoms with Gasteiger partial charge in [-0.15, -0.1) is 11.3 Å². The van der Waals surface area contributed by atoms with Crippen LogP contribution in [0.2, 0.25) is 0 Å². The van der Waals surface area contributed by atoms with Crippen molar-refractivity contribution < 1.29 is 12.8 Å². The highest BCUT2D eigenvalue weighted by atomic mass is 32.2. The van der Waals surface area contributed by atoms with E-state index in [9.17, 15) is 12.8 Å². The minimum Gasteiger partial charge on any atom is -0.245 e. The second-order valence-corrected chi connectivity index (χ2v) is 7.58. The Morgan fingerprint density at radius 3 is 2.29 bits per heavy atom. The maximum atomic E-state index is 13.3. The first-order chi connectivity index (χ1) is 9.70. The molecule has 7 heteroatoms. The number of sulfonamides is 1. The van der Waals surface area contributed by atoms with Gasteiger partial charge in [0.05, 0.1) is 10.9 Å². The van der Waals surface area contributed by atoms with Gasteiger partial charge in [0.15, 0.2) is 0 Å². The molecule has 1 heterocycles. The molecule has 1 atom stereocenters. The highest BCUT2D eigenvalue weighted by molar-refractivity contribution is 7.89. The summed E-state index contributed by atoms with van der Waals surface area (Å²) in [6, 6.07) is 2.01. The smallest absolute Gasteiger partial charge is 0.241 e. The summed E-state index contributed by atoms with van der Waals surface area (Å²) < 4.78 is 40.9. The lowest BCUT2D eigenvalue weighted by Crippen LogP contribution is -2.28. The Balaban J connectivity index is 2.35. The molecule has 1 aromatic heterocycles. The maximum Gasteiger partial charge on any atom is 0.241 e. The van der Waals surface area contributed by atoms with Crippen molar-refractivity contribution in [3.63, 3.8) is 0 Å². The van der Waals surface area contributed by atoms with Gasteiger partial charge in [-0.3, -0.25) is 0 Å². The highest BCUT2D eigenvalue weighted by Gasteiger charge is 2.24. The number of rotatable bonds is 4. The first-order valence-electron chi connectivity index (χ1n) is 6.42. The average Bonchev–Trinajstić information content (AvgIpc) is 2.73. The summed E-state index contributed by atoms with van der Waals surface area (Å²) in [5.41, 5.74) is 1.64. The Morgan fingerprint density at radius 2 is 1.81 bits per heavy atom. The number of thiazole rings is 1. The maximum absolute atomic E-state index is 13.3. The molecule has 4 nitrogen and oxygen atoms in total. The molecule has 2 aromatic rings. The van der Waals surface area contributed by atoms with E-state index >= 15 is 0 Å². The molecule has 0 aliphatic heterocycles. The average molecular weight is 328 g/mol. The second-order valence-electron chi connectivity index (χ2n) is 5.04. The normalized spacial score (nSPS) is 13.4. The van der Waals surface area contributed by atoms with Gasteiger partial charge in [0.1, 0.15) is 10.8 Å². The van der Waals surface area contributed by atoms with E-state index in [0.29, 0.717) is 16.1 Å². The van der Waals surface area contributed by atoms with Crippen LogP contribution in [0.4, 0.5) is 4.39 Å². The molecule has 2 rings (SSSR count). The lowest BCUT2D eigenvalue weighted by molar-refractivity contribution is 0.564. The minimum absolute atomic E-state index is 0.129. The monoisotopic (exact) mass is 328 g/mol. The van der Waals surface area contributed by atoms with E-state index in [1.54, 1.807) is 20.8 Å². The van der Waals surface area contributed by atoms with Gasteiger partial charge in [0.25, 0.3) is 0 Å². The molecule has 0 bridgehead atoms. The van der Waals surface area contributed by atoms with E-state index in [2.05, 4.69) is 9.71 Å². The first-order valence-corrected chi connectivity index (χ1v) is 8.78. The van der Waals surface area contributed by atoms with E-state index < -0.39 is 21.9 Å². The van der Waals surface area contributed by atoms with Crippen LogP contribution in [0.5, 0.6) is 0 Å². The molecule has 114 valence electrons. The Hall–Kier alpha value is -1.31. The number of nitrogens with zero attached hydrogens (tertiary/aromatic N) is 1. The summed E-state index contributed by atoms with van der Waals surface area (Å²) in [4.78, 5) is 4.41. The van der Waals surface area contributed by atoms with Crippen molar-refractivity contribution in [1.82, 2.24) is 9.71 Å². The molecule has 0 aliphatic carbocycles. The first kappa shape index (κ1) is 16.1. The molecule has 1 aromatic carbocycles. The van der Waals surface area contributed by atoms with Gasteiger partial charge >= 0.3 is 0 Å². The van der Waals surface area contributed by atoms with E-state index in [0.717, 1.165) is 5.69 Å². The number of aromatic nitrogens is 1. The molecule has 0 saturated carbocycles. The van der Waals surface area contributed by atoms with Gasteiger partial charge in [-0.25, -0.2) is 22.5 Å². The van der Waals surface area contributed by atoms with Gasteiger partial charge in [-0.2, -0.15) is 0 Å². The predicted octanol–water partition coefficient (Wildman–Crippen LogP) is 3.25. The van der Waals surface area contributed by atoms with Gasteiger partial charge in [-0.1, -0.05) is 0 Å². The molecule has 0 fully saturated rings. The molecular formula is C14H17FN2O2S2. The molecule has 0 aliphatic rings. The zero-order valence-corrected chi connectivity index (χ0v) is 13.9. The summed E-state index contributed by atoms with van der Waals surface area (Å²) >= 11 is 1.41. The number of halogens is 1. The van der Waals surface area contributed by atoms with Crippen LogP contribution < -0.4 is 4.72 Å². The van der Waals surface area contributed by atoms with Crippen LogP contribution in [0.25, 0.3) is 0 Å². The lowest BCUT2D eigenvalue weighted by Gasteiger charge is -2.15. The van der Waals surface area contributed by atoms with E-state index in [1.165, 1.54) is 23.5 Å². The Morgan fingerprint density at radius 1 is 1.24 bits per heavy atom. The number of hydrogen-bond acceptors (Lipinski definition) is 4. The number of aryl methyl sites for hydroxylation is 3. The fourth-order valence-corrected chi connectivity index (χ4v) is 4.77. The van der Waals surface area contributed by atoms with Crippen LogP contribution in [0.15, 0.2) is 22.4 Å². The zero-order valence-electron chi connectivity index (χ0n) is 12.3. The standard InChI is InChI=1S/C14H17FN2O2S2/c1-8-5-12(15)6-9(2)13(8)21(18,19)17-11(4)14-16-10(3)7-20-14/h5-7,11,17H,1-4H3. The number of nitrogens with one attached hydrogen (secondary N) is 1. The molecule has 0 radical (unpaired) electrons. The molecule has 1 N–H and O–H groups in total. The largest absolute Gasteiger partial charge is 0.245 e. The van der Waals surface area contributed by atoms with Crippen molar-refractivity contribution in [3.8, 4) is 0 Å². The molecule has 0 amide bonds. The highest BCUT2D eigenvalue weighted by Crippen LogP contribution is 2.24. The third kappa shape index (κ3) is 3.48. The quantitative estimate of drug-likeness (QED) is 0.937. The predicted molar refractivity (Wildman–Crippen MR) is 81.5 cm³/mol. The van der Waals surface area contributed by atoms with Crippen LogP contribution >= 0.6 is 11.3 Å². The van der Waals surface area contributed by atoms with Gasteiger partial charge in [0, 0.05) is 11.1 Å². The molecule has 0 saturated heterocycles.